The predicted molar refractivity (Wildman–Crippen MR) is 85.8 cm³/mol. The molecule has 1 N–H and O–H groups in total. The third kappa shape index (κ3) is 3.32. The van der Waals surface area contributed by atoms with E-state index in [-0.39, 0.29) is 11.7 Å². The molecular weight excluding hydrogens is 292 g/mol. The molecular formula is C17H14N4O2. The molecule has 0 fully saturated rings. The van der Waals surface area contributed by atoms with Crippen LogP contribution in [-0.4, -0.2) is 26.2 Å². The third-order valence-corrected chi connectivity index (χ3v) is 3.31. The Morgan fingerprint density at radius 2 is 2.00 bits per heavy atom. The molecule has 0 aliphatic carbocycles. The van der Waals surface area contributed by atoms with E-state index in [2.05, 4.69) is 15.3 Å². The van der Waals surface area contributed by atoms with Crippen LogP contribution in [0.4, 0.5) is 5.69 Å². The minimum Gasteiger partial charge on any atom is -0.322 e. The summed E-state index contributed by atoms with van der Waals surface area (Å²) in [5.74, 6) is 0.348. The van der Waals surface area contributed by atoms with E-state index in [4.69, 9.17) is 0 Å². The molecule has 6 nitrogen and oxygen atoms in total. The molecule has 0 saturated carbocycles. The first-order chi connectivity index (χ1) is 11.1. The Hall–Kier alpha value is -3.28. The normalized spacial score (nSPS) is 10.3. The average Bonchev–Trinajstić information content (AvgIpc) is 3.09. The summed E-state index contributed by atoms with van der Waals surface area (Å²) in [6.07, 6.45) is 6.56. The summed E-state index contributed by atoms with van der Waals surface area (Å²) in [6, 6.07) is 10.2. The summed E-state index contributed by atoms with van der Waals surface area (Å²) in [5.41, 5.74) is 1.56. The van der Waals surface area contributed by atoms with Gasteiger partial charge in [-0.3, -0.25) is 14.2 Å². The summed E-state index contributed by atoms with van der Waals surface area (Å²) in [4.78, 5) is 31.8. The number of carbonyl (C=O) groups is 2. The maximum Gasteiger partial charge on any atom is 0.257 e. The Morgan fingerprint density at radius 3 is 2.65 bits per heavy atom. The first kappa shape index (κ1) is 14.6. The summed E-state index contributed by atoms with van der Waals surface area (Å²) in [7, 11) is 0. The van der Waals surface area contributed by atoms with Gasteiger partial charge in [-0.15, -0.1) is 0 Å². The molecule has 2 heterocycles. The van der Waals surface area contributed by atoms with Gasteiger partial charge in [0.1, 0.15) is 12.1 Å². The van der Waals surface area contributed by atoms with E-state index in [0.29, 0.717) is 22.6 Å². The number of nitrogens with one attached hydrogen (secondary N) is 1. The van der Waals surface area contributed by atoms with E-state index in [0.717, 1.165) is 0 Å². The van der Waals surface area contributed by atoms with Crippen LogP contribution in [0.5, 0.6) is 0 Å². The molecule has 0 radical (unpaired) electrons. The van der Waals surface area contributed by atoms with Crippen LogP contribution < -0.4 is 5.32 Å². The fourth-order valence-corrected chi connectivity index (χ4v) is 2.09. The maximum absolute atomic E-state index is 12.2. The molecule has 0 atom stereocenters. The lowest BCUT2D eigenvalue weighted by atomic mass is 10.1. The Balaban J connectivity index is 1.76. The van der Waals surface area contributed by atoms with Gasteiger partial charge in [0.2, 0.25) is 0 Å². The number of anilines is 1. The minimum absolute atomic E-state index is 0.0487. The molecule has 6 heteroatoms. The van der Waals surface area contributed by atoms with E-state index >= 15 is 0 Å². The van der Waals surface area contributed by atoms with Crippen molar-refractivity contribution in [1.82, 2.24) is 14.5 Å². The fourth-order valence-electron chi connectivity index (χ4n) is 2.09. The molecule has 3 rings (SSSR count). The number of aromatic nitrogens is 3. The number of carbonyl (C=O) groups excluding carboxylic acids is 2. The summed E-state index contributed by atoms with van der Waals surface area (Å²) >= 11 is 0. The Labute approximate surface area is 132 Å². The highest BCUT2D eigenvalue weighted by Gasteiger charge is 2.08. The summed E-state index contributed by atoms with van der Waals surface area (Å²) in [6.45, 7) is 1.49. The molecule has 0 bridgehead atoms. The van der Waals surface area contributed by atoms with Gasteiger partial charge in [-0.25, -0.2) is 9.97 Å². The fraction of sp³-hybridized carbons (Fsp3) is 0.0588. The van der Waals surface area contributed by atoms with Crippen LogP contribution in [0.2, 0.25) is 0 Å². The van der Waals surface area contributed by atoms with E-state index in [9.17, 15) is 9.59 Å². The van der Waals surface area contributed by atoms with Gasteiger partial charge in [0.15, 0.2) is 5.78 Å². The largest absolute Gasteiger partial charge is 0.322 e. The summed E-state index contributed by atoms with van der Waals surface area (Å²) in [5, 5.41) is 2.76. The van der Waals surface area contributed by atoms with E-state index in [1.54, 1.807) is 59.7 Å². The second kappa shape index (κ2) is 6.23. The lowest BCUT2D eigenvalue weighted by molar-refractivity contribution is 0.101. The van der Waals surface area contributed by atoms with Crippen LogP contribution in [-0.2, 0) is 0 Å². The van der Waals surface area contributed by atoms with Gasteiger partial charge in [0, 0.05) is 29.8 Å². The number of rotatable bonds is 4. The number of pyridine rings is 1. The van der Waals surface area contributed by atoms with Gasteiger partial charge in [-0.1, -0.05) is 12.1 Å². The smallest absolute Gasteiger partial charge is 0.257 e. The highest BCUT2D eigenvalue weighted by molar-refractivity contribution is 6.05. The van der Waals surface area contributed by atoms with Crippen LogP contribution >= 0.6 is 0 Å². The number of nitrogens with zero attached hydrogens (tertiary/aromatic N) is 3. The van der Waals surface area contributed by atoms with Crippen molar-refractivity contribution in [3.63, 3.8) is 0 Å². The number of imidazole rings is 1. The molecule has 114 valence electrons. The van der Waals surface area contributed by atoms with Crippen LogP contribution in [0.3, 0.4) is 0 Å². The summed E-state index contributed by atoms with van der Waals surface area (Å²) < 4.78 is 1.75. The molecule has 1 aromatic carbocycles. The van der Waals surface area contributed by atoms with Crippen LogP contribution in [0.15, 0.2) is 61.3 Å². The van der Waals surface area contributed by atoms with Crippen molar-refractivity contribution in [2.75, 3.05) is 5.32 Å². The molecule has 3 aromatic rings. The number of hydrogen-bond donors (Lipinski definition) is 1. The van der Waals surface area contributed by atoms with Gasteiger partial charge >= 0.3 is 0 Å². The second-order valence-electron chi connectivity index (χ2n) is 4.97. The molecule has 0 saturated heterocycles. The molecule has 2 aromatic heterocycles. The van der Waals surface area contributed by atoms with Crippen LogP contribution in [0, 0.1) is 0 Å². The monoisotopic (exact) mass is 306 g/mol. The highest BCUT2D eigenvalue weighted by atomic mass is 16.1. The Kier molecular flexibility index (Phi) is 3.97. The number of ketones is 1. The molecule has 0 aliphatic heterocycles. The zero-order chi connectivity index (χ0) is 16.2. The molecule has 0 unspecified atom stereocenters. The van der Waals surface area contributed by atoms with Crippen LogP contribution in [0.1, 0.15) is 27.6 Å². The van der Waals surface area contributed by atoms with E-state index < -0.39 is 0 Å². The van der Waals surface area contributed by atoms with Gasteiger partial charge in [-0.05, 0) is 31.2 Å². The molecule has 0 aliphatic rings. The van der Waals surface area contributed by atoms with Crippen molar-refractivity contribution < 1.29 is 9.59 Å². The Bertz CT molecular complexity index is 839. The van der Waals surface area contributed by atoms with Crippen molar-refractivity contribution in [1.29, 1.82) is 0 Å². The van der Waals surface area contributed by atoms with E-state index in [1.165, 1.54) is 13.1 Å². The quantitative estimate of drug-likeness (QED) is 0.752. The molecule has 0 spiro atoms. The minimum atomic E-state index is -0.282. The predicted octanol–water partition coefficient (Wildman–Crippen LogP) is 2.72. The number of amides is 1. The second-order valence-corrected chi connectivity index (χ2v) is 4.97. The lowest BCUT2D eigenvalue weighted by Crippen LogP contribution is -2.13. The number of Topliss-reactive ketones (excluding diaryl/α,β-unsaturated/α-hetero) is 1. The van der Waals surface area contributed by atoms with Crippen molar-refractivity contribution >= 4 is 17.4 Å². The first-order valence-electron chi connectivity index (χ1n) is 7.00. The molecule has 23 heavy (non-hydrogen) atoms. The van der Waals surface area contributed by atoms with Crippen molar-refractivity contribution in [2.45, 2.75) is 6.92 Å². The third-order valence-electron chi connectivity index (χ3n) is 3.31. The molecule has 1 amide bonds. The van der Waals surface area contributed by atoms with Gasteiger partial charge in [0.05, 0.1) is 5.56 Å². The SMILES string of the molecule is CC(=O)c1cccc(NC(=O)c2ccc(-n3ccnc3)nc2)c1. The zero-order valence-electron chi connectivity index (χ0n) is 12.4. The van der Waals surface area contributed by atoms with Crippen LogP contribution in [0.25, 0.3) is 5.82 Å². The van der Waals surface area contributed by atoms with Crippen molar-refractivity contribution in [3.05, 3.63) is 72.4 Å². The standard InChI is InChI=1S/C17H14N4O2/c1-12(22)13-3-2-4-15(9-13)20-17(23)14-5-6-16(19-10-14)21-8-7-18-11-21/h2-11H,1H3,(H,20,23). The average molecular weight is 306 g/mol. The first-order valence-corrected chi connectivity index (χ1v) is 7.00. The Morgan fingerprint density at radius 1 is 1.13 bits per heavy atom. The van der Waals surface area contributed by atoms with E-state index in [1.807, 2.05) is 0 Å². The lowest BCUT2D eigenvalue weighted by Gasteiger charge is -2.07. The van der Waals surface area contributed by atoms with Gasteiger partial charge in [0.25, 0.3) is 5.91 Å². The zero-order valence-corrected chi connectivity index (χ0v) is 12.4. The van der Waals surface area contributed by atoms with Gasteiger partial charge in [-0.2, -0.15) is 0 Å². The van der Waals surface area contributed by atoms with Gasteiger partial charge < -0.3 is 5.32 Å². The topological polar surface area (TPSA) is 76.9 Å². The number of benzene rings is 1. The maximum atomic E-state index is 12.2. The number of hydrogen-bond acceptors (Lipinski definition) is 4. The highest BCUT2D eigenvalue weighted by Crippen LogP contribution is 2.13. The van der Waals surface area contributed by atoms with Crippen molar-refractivity contribution in [3.8, 4) is 5.82 Å². The van der Waals surface area contributed by atoms with Crippen molar-refractivity contribution in [2.24, 2.45) is 0 Å².